The van der Waals surface area contributed by atoms with Gasteiger partial charge in [0.15, 0.2) is 11.5 Å². The van der Waals surface area contributed by atoms with Gasteiger partial charge in [-0.3, -0.25) is 0 Å². The number of aromatic hydroxyl groups is 2. The maximum atomic E-state index is 10.0. The molecule has 0 atom stereocenters. The van der Waals surface area contributed by atoms with E-state index >= 15 is 0 Å². The predicted molar refractivity (Wildman–Crippen MR) is 82.3 cm³/mol. The van der Waals surface area contributed by atoms with Crippen molar-refractivity contribution in [1.82, 2.24) is 0 Å². The molecule has 2 N–H and O–H groups in total. The van der Waals surface area contributed by atoms with Gasteiger partial charge >= 0.3 is 0 Å². The van der Waals surface area contributed by atoms with Gasteiger partial charge in [0, 0.05) is 5.39 Å². The molecule has 0 radical (unpaired) electrons. The van der Waals surface area contributed by atoms with E-state index in [-0.39, 0.29) is 11.5 Å². The average molecular weight is 260 g/mol. The van der Waals surface area contributed by atoms with Crippen LogP contribution in [0.1, 0.15) is 0 Å². The molecular weight excluding hydrogens is 248 g/mol. The van der Waals surface area contributed by atoms with Crippen molar-refractivity contribution in [3.8, 4) is 11.5 Å². The molecule has 0 saturated heterocycles. The van der Waals surface area contributed by atoms with Crippen molar-refractivity contribution in [2.45, 2.75) is 0 Å². The SMILES string of the molecule is Oc1ccc2cc3ccc4ccccc4c3cc2c1O. The lowest BCUT2D eigenvalue weighted by molar-refractivity contribution is 0.408. The molecule has 0 unspecified atom stereocenters. The molecule has 0 saturated carbocycles. The highest BCUT2D eigenvalue weighted by atomic mass is 16.3. The Kier molecular flexibility index (Phi) is 2.15. The van der Waals surface area contributed by atoms with Gasteiger partial charge in [-0.15, -0.1) is 0 Å². The molecule has 0 amide bonds. The van der Waals surface area contributed by atoms with Crippen LogP contribution in [0.25, 0.3) is 32.3 Å². The smallest absolute Gasteiger partial charge is 0.165 e. The number of hydrogen-bond donors (Lipinski definition) is 2. The van der Waals surface area contributed by atoms with E-state index in [1.54, 1.807) is 0 Å². The minimum absolute atomic E-state index is 0.0580. The Morgan fingerprint density at radius 1 is 0.550 bits per heavy atom. The van der Waals surface area contributed by atoms with Crippen molar-refractivity contribution in [3.05, 3.63) is 60.7 Å². The summed E-state index contributed by atoms with van der Waals surface area (Å²) in [5, 5.41) is 25.8. The van der Waals surface area contributed by atoms with Crippen molar-refractivity contribution in [2.24, 2.45) is 0 Å². The maximum absolute atomic E-state index is 10.0. The monoisotopic (exact) mass is 260 g/mol. The summed E-state index contributed by atoms with van der Waals surface area (Å²) >= 11 is 0. The summed E-state index contributed by atoms with van der Waals surface area (Å²) in [6.07, 6.45) is 0. The molecule has 4 aromatic carbocycles. The summed E-state index contributed by atoms with van der Waals surface area (Å²) < 4.78 is 0. The second kappa shape index (κ2) is 3.87. The lowest BCUT2D eigenvalue weighted by Gasteiger charge is -2.08. The molecule has 0 bridgehead atoms. The van der Waals surface area contributed by atoms with Crippen LogP contribution in [0.15, 0.2) is 60.7 Å². The Hall–Kier alpha value is -2.74. The van der Waals surface area contributed by atoms with Gasteiger partial charge in [-0.2, -0.15) is 0 Å². The van der Waals surface area contributed by atoms with Crippen molar-refractivity contribution < 1.29 is 10.2 Å². The molecule has 0 spiro atoms. The van der Waals surface area contributed by atoms with Crippen molar-refractivity contribution >= 4 is 32.3 Å². The van der Waals surface area contributed by atoms with E-state index in [1.807, 2.05) is 30.3 Å². The number of fused-ring (bicyclic) bond motifs is 4. The Balaban J connectivity index is 2.25. The van der Waals surface area contributed by atoms with Crippen LogP contribution in [0.5, 0.6) is 11.5 Å². The largest absolute Gasteiger partial charge is 0.504 e. The van der Waals surface area contributed by atoms with E-state index in [1.165, 1.54) is 11.5 Å². The summed E-state index contributed by atoms with van der Waals surface area (Å²) in [6.45, 7) is 0. The van der Waals surface area contributed by atoms with Gasteiger partial charge in [-0.1, -0.05) is 42.5 Å². The van der Waals surface area contributed by atoms with E-state index < -0.39 is 0 Å². The third-order valence-electron chi connectivity index (χ3n) is 3.83. The molecule has 0 aromatic heterocycles. The first kappa shape index (κ1) is 11.1. The Labute approximate surface area is 115 Å². The first-order chi connectivity index (χ1) is 9.74. The molecule has 2 heteroatoms. The van der Waals surface area contributed by atoms with Gasteiger partial charge in [0.25, 0.3) is 0 Å². The summed E-state index contributed by atoms with van der Waals surface area (Å²) in [4.78, 5) is 0. The second-order valence-corrected chi connectivity index (χ2v) is 5.01. The Morgan fingerprint density at radius 3 is 2.15 bits per heavy atom. The quantitative estimate of drug-likeness (QED) is 0.276. The van der Waals surface area contributed by atoms with Crippen LogP contribution in [0, 0.1) is 0 Å². The molecule has 0 aliphatic carbocycles. The van der Waals surface area contributed by atoms with Gasteiger partial charge in [0.1, 0.15) is 0 Å². The Morgan fingerprint density at radius 2 is 1.25 bits per heavy atom. The zero-order valence-corrected chi connectivity index (χ0v) is 10.7. The molecule has 0 aliphatic heterocycles. The van der Waals surface area contributed by atoms with Crippen LogP contribution in [0.4, 0.5) is 0 Å². The predicted octanol–water partition coefficient (Wildman–Crippen LogP) is 4.56. The van der Waals surface area contributed by atoms with Crippen molar-refractivity contribution in [3.63, 3.8) is 0 Å². The lowest BCUT2D eigenvalue weighted by atomic mass is 9.98. The van der Waals surface area contributed by atoms with Crippen molar-refractivity contribution in [2.75, 3.05) is 0 Å². The number of rotatable bonds is 0. The van der Waals surface area contributed by atoms with E-state index in [0.717, 1.165) is 21.5 Å². The summed E-state index contributed by atoms with van der Waals surface area (Å²) in [6, 6.07) is 19.7. The third-order valence-corrected chi connectivity index (χ3v) is 3.83. The molecule has 0 fully saturated rings. The van der Waals surface area contributed by atoms with Crippen LogP contribution < -0.4 is 0 Å². The summed E-state index contributed by atoms with van der Waals surface area (Å²) in [7, 11) is 0. The molecule has 4 aromatic rings. The zero-order valence-electron chi connectivity index (χ0n) is 10.7. The first-order valence-corrected chi connectivity index (χ1v) is 6.50. The minimum Gasteiger partial charge on any atom is -0.504 e. The molecule has 0 aliphatic rings. The van der Waals surface area contributed by atoms with Gasteiger partial charge in [0.05, 0.1) is 0 Å². The second-order valence-electron chi connectivity index (χ2n) is 5.01. The molecule has 2 nitrogen and oxygen atoms in total. The standard InChI is InChI=1S/C18H12O2/c19-17-8-7-13-9-12-6-5-11-3-1-2-4-14(11)15(12)10-16(13)18(17)20/h1-10,19-20H. The molecule has 4 rings (SSSR count). The number of phenols is 2. The topological polar surface area (TPSA) is 40.5 Å². The van der Waals surface area contributed by atoms with Gasteiger partial charge < -0.3 is 10.2 Å². The fourth-order valence-corrected chi connectivity index (χ4v) is 2.80. The van der Waals surface area contributed by atoms with Crippen LogP contribution in [-0.4, -0.2) is 10.2 Å². The normalized spacial score (nSPS) is 11.4. The molecular formula is C18H12O2. The van der Waals surface area contributed by atoms with Crippen LogP contribution in [0.3, 0.4) is 0 Å². The average Bonchev–Trinajstić information content (AvgIpc) is 2.49. The number of benzene rings is 4. The van der Waals surface area contributed by atoms with Gasteiger partial charge in [-0.25, -0.2) is 0 Å². The number of phenolic OH excluding ortho intramolecular Hbond substituents is 2. The fourth-order valence-electron chi connectivity index (χ4n) is 2.80. The van der Waals surface area contributed by atoms with E-state index in [4.69, 9.17) is 0 Å². The van der Waals surface area contributed by atoms with Crippen molar-refractivity contribution in [1.29, 1.82) is 0 Å². The molecule has 0 heterocycles. The highest BCUT2D eigenvalue weighted by Gasteiger charge is 2.08. The van der Waals surface area contributed by atoms with E-state index in [9.17, 15) is 10.2 Å². The molecule has 96 valence electrons. The van der Waals surface area contributed by atoms with Gasteiger partial charge in [-0.05, 0) is 45.1 Å². The first-order valence-electron chi connectivity index (χ1n) is 6.50. The Bertz CT molecular complexity index is 971. The van der Waals surface area contributed by atoms with Crippen LogP contribution in [-0.2, 0) is 0 Å². The summed E-state index contributed by atoms with van der Waals surface area (Å²) in [5.74, 6) is -0.144. The fraction of sp³-hybridized carbons (Fsp3) is 0. The van der Waals surface area contributed by atoms with Crippen LogP contribution >= 0.6 is 0 Å². The van der Waals surface area contributed by atoms with E-state index in [0.29, 0.717) is 5.39 Å². The minimum atomic E-state index is -0.0860. The van der Waals surface area contributed by atoms with E-state index in [2.05, 4.69) is 24.3 Å². The van der Waals surface area contributed by atoms with Crippen LogP contribution in [0.2, 0.25) is 0 Å². The highest BCUT2D eigenvalue weighted by molar-refractivity contribution is 6.13. The highest BCUT2D eigenvalue weighted by Crippen LogP contribution is 2.37. The number of hydrogen-bond acceptors (Lipinski definition) is 2. The maximum Gasteiger partial charge on any atom is 0.165 e. The lowest BCUT2D eigenvalue weighted by Crippen LogP contribution is -1.80. The zero-order chi connectivity index (χ0) is 13.7. The van der Waals surface area contributed by atoms with Gasteiger partial charge in [0.2, 0.25) is 0 Å². The molecule has 20 heavy (non-hydrogen) atoms. The third kappa shape index (κ3) is 1.45. The summed E-state index contributed by atoms with van der Waals surface area (Å²) in [5.41, 5.74) is 0.